The minimum absolute atomic E-state index is 0.0727. The maximum atomic E-state index is 13.6. The molecule has 53 heavy (non-hydrogen) atoms. The van der Waals surface area contributed by atoms with E-state index in [1.807, 2.05) is 46.8 Å². The van der Waals surface area contributed by atoms with Crippen LogP contribution in [0.3, 0.4) is 0 Å². The molecular weight excluding hydrogens is 682 g/mol. The number of nitrogens with zero attached hydrogens (tertiary/aromatic N) is 3. The summed E-state index contributed by atoms with van der Waals surface area (Å²) < 4.78 is 16.5. The number of rotatable bonds is 13. The van der Waals surface area contributed by atoms with Crippen LogP contribution in [0.25, 0.3) is 0 Å². The van der Waals surface area contributed by atoms with Crippen LogP contribution in [-0.4, -0.2) is 94.8 Å². The summed E-state index contributed by atoms with van der Waals surface area (Å²) in [7, 11) is 0. The fourth-order valence-corrected chi connectivity index (χ4v) is 6.24. The zero-order valence-electron chi connectivity index (χ0n) is 33.6. The number of amides is 6. The van der Waals surface area contributed by atoms with Gasteiger partial charge in [-0.15, -0.1) is 0 Å². The van der Waals surface area contributed by atoms with Gasteiger partial charge in [0.25, 0.3) is 5.91 Å². The number of carbonyl (C=O) groups is 6. The van der Waals surface area contributed by atoms with E-state index in [4.69, 9.17) is 14.2 Å². The number of piperidine rings is 1. The van der Waals surface area contributed by atoms with Crippen molar-refractivity contribution in [3.05, 3.63) is 29.3 Å². The lowest BCUT2D eigenvalue weighted by molar-refractivity contribution is -0.136. The average molecular weight is 744 g/mol. The Morgan fingerprint density at radius 1 is 0.830 bits per heavy atom. The Hall–Kier alpha value is -4.36. The lowest BCUT2D eigenvalue weighted by Crippen LogP contribution is -2.52. The van der Waals surface area contributed by atoms with Gasteiger partial charge in [0.2, 0.25) is 11.8 Å². The highest BCUT2D eigenvalue weighted by Gasteiger charge is 2.41. The molecule has 6 amide bonds. The van der Waals surface area contributed by atoms with Crippen molar-refractivity contribution in [3.63, 3.8) is 0 Å². The lowest BCUT2D eigenvalue weighted by atomic mass is 9.87. The molecule has 0 spiro atoms. The highest BCUT2D eigenvalue weighted by atomic mass is 16.6. The molecule has 2 heterocycles. The highest BCUT2D eigenvalue weighted by Crippen LogP contribution is 2.35. The first-order valence-corrected chi connectivity index (χ1v) is 18.6. The predicted molar refractivity (Wildman–Crippen MR) is 200 cm³/mol. The minimum Gasteiger partial charge on any atom is -0.444 e. The van der Waals surface area contributed by atoms with Gasteiger partial charge in [-0.1, -0.05) is 19.9 Å². The summed E-state index contributed by atoms with van der Waals surface area (Å²) in [6.45, 7) is 21.8. The summed E-state index contributed by atoms with van der Waals surface area (Å²) in [5.41, 5.74) is -0.534. The summed E-state index contributed by atoms with van der Waals surface area (Å²) in [6, 6.07) is 4.84. The van der Waals surface area contributed by atoms with Crippen LogP contribution in [0.15, 0.2) is 18.2 Å². The number of imide groups is 2. The standard InChI is InChI=1S/C39H61N5O9/c1-36(2,3)51-33(48)40-21-12-13-22-42(28-17-14-16-26-27(28)24-43(32(26)47)29-18-19-30(45)41-31(29)46)23-15-20-39(10,11)25-44(34(49)52-37(4,5)6)35(50)53-38(7,8)9/h14,16-17,29H,12-13,15,18-25H2,1-11H3,(H,40,48)(H,41,45,46). The van der Waals surface area contributed by atoms with Crippen molar-refractivity contribution < 1.29 is 43.0 Å². The molecule has 0 aliphatic carbocycles. The Morgan fingerprint density at radius 3 is 1.98 bits per heavy atom. The van der Waals surface area contributed by atoms with Crippen molar-refractivity contribution in [3.8, 4) is 0 Å². The van der Waals surface area contributed by atoms with Gasteiger partial charge in [-0.3, -0.25) is 19.7 Å². The molecular formula is C39H61N5O9. The van der Waals surface area contributed by atoms with Crippen LogP contribution in [0, 0.1) is 5.41 Å². The van der Waals surface area contributed by atoms with Crippen molar-refractivity contribution in [1.82, 2.24) is 20.4 Å². The summed E-state index contributed by atoms with van der Waals surface area (Å²) in [5, 5.41) is 5.16. The van der Waals surface area contributed by atoms with E-state index in [2.05, 4.69) is 15.5 Å². The third-order valence-corrected chi connectivity index (χ3v) is 8.52. The summed E-state index contributed by atoms with van der Waals surface area (Å²) in [5.74, 6) is -1.05. The van der Waals surface area contributed by atoms with E-state index in [9.17, 15) is 28.8 Å². The van der Waals surface area contributed by atoms with E-state index >= 15 is 0 Å². The second kappa shape index (κ2) is 17.2. The van der Waals surface area contributed by atoms with Gasteiger partial charge < -0.3 is 29.3 Å². The average Bonchev–Trinajstić information content (AvgIpc) is 3.32. The van der Waals surface area contributed by atoms with Crippen LogP contribution in [0.1, 0.15) is 131 Å². The van der Waals surface area contributed by atoms with Crippen LogP contribution in [0.4, 0.5) is 20.1 Å². The number of fused-ring (bicyclic) bond motifs is 1. The number of hydrogen-bond acceptors (Lipinski definition) is 10. The molecule has 1 aromatic carbocycles. The van der Waals surface area contributed by atoms with Crippen LogP contribution >= 0.6 is 0 Å². The molecule has 1 fully saturated rings. The summed E-state index contributed by atoms with van der Waals surface area (Å²) >= 11 is 0. The zero-order valence-corrected chi connectivity index (χ0v) is 33.6. The van der Waals surface area contributed by atoms with Gasteiger partial charge in [-0.05, 0) is 112 Å². The van der Waals surface area contributed by atoms with Crippen LogP contribution in [0.2, 0.25) is 0 Å². The van der Waals surface area contributed by atoms with E-state index < -0.39 is 52.4 Å². The molecule has 1 saturated heterocycles. The number of hydrogen-bond donors (Lipinski definition) is 2. The first-order valence-electron chi connectivity index (χ1n) is 18.6. The van der Waals surface area contributed by atoms with Crippen molar-refractivity contribution in [1.29, 1.82) is 0 Å². The largest absolute Gasteiger partial charge is 0.444 e. The molecule has 1 unspecified atom stereocenters. The summed E-state index contributed by atoms with van der Waals surface area (Å²) in [6.07, 6.45) is 1.12. The second-order valence-corrected chi connectivity index (χ2v) is 17.6. The van der Waals surface area contributed by atoms with Crippen LogP contribution in [0.5, 0.6) is 0 Å². The Labute approximate surface area is 314 Å². The minimum atomic E-state index is -0.810. The van der Waals surface area contributed by atoms with Crippen molar-refractivity contribution in [2.75, 3.05) is 31.1 Å². The molecule has 2 N–H and O–H groups in total. The topological polar surface area (TPSA) is 164 Å². The smallest absolute Gasteiger partial charge is 0.419 e. The van der Waals surface area contributed by atoms with Gasteiger partial charge in [-0.25, -0.2) is 19.3 Å². The van der Waals surface area contributed by atoms with E-state index in [0.717, 1.165) is 22.6 Å². The number of carbonyl (C=O) groups excluding carboxylic acids is 6. The Morgan fingerprint density at radius 2 is 1.42 bits per heavy atom. The normalized spacial score (nSPS) is 16.5. The maximum absolute atomic E-state index is 13.6. The predicted octanol–water partition coefficient (Wildman–Crippen LogP) is 6.54. The molecule has 2 aliphatic rings. The monoisotopic (exact) mass is 743 g/mol. The fraction of sp³-hybridized carbons (Fsp3) is 0.692. The van der Waals surface area contributed by atoms with Gasteiger partial charge >= 0.3 is 18.3 Å². The molecule has 296 valence electrons. The van der Waals surface area contributed by atoms with E-state index in [-0.39, 0.29) is 37.7 Å². The molecule has 1 aromatic rings. The first kappa shape index (κ1) is 43.0. The van der Waals surface area contributed by atoms with Gasteiger partial charge in [0.05, 0.1) is 0 Å². The molecule has 2 aliphatic heterocycles. The van der Waals surface area contributed by atoms with E-state index in [0.29, 0.717) is 44.5 Å². The van der Waals surface area contributed by atoms with E-state index in [1.54, 1.807) is 52.5 Å². The maximum Gasteiger partial charge on any atom is 0.419 e. The molecule has 0 aromatic heterocycles. The molecule has 0 bridgehead atoms. The SMILES string of the molecule is CC(C)(CCCN(CCCCNC(=O)OC(C)(C)C)c1cccc2c1CN(C1CCC(=O)NC1=O)C2=O)CN(C(=O)OC(C)(C)C)C(=O)OC(C)(C)C. The van der Waals surface area contributed by atoms with Crippen LogP contribution < -0.4 is 15.5 Å². The summed E-state index contributed by atoms with van der Waals surface area (Å²) in [4.78, 5) is 81.5. The molecule has 3 rings (SSSR count). The van der Waals surface area contributed by atoms with Gasteiger partial charge in [-0.2, -0.15) is 0 Å². The Kier molecular flexibility index (Phi) is 14.0. The first-order chi connectivity index (χ1) is 24.4. The number of anilines is 1. The Balaban J connectivity index is 1.79. The van der Waals surface area contributed by atoms with Gasteiger partial charge in [0.1, 0.15) is 22.8 Å². The number of nitrogens with one attached hydrogen (secondary N) is 2. The lowest BCUT2D eigenvalue weighted by Gasteiger charge is -2.34. The van der Waals surface area contributed by atoms with E-state index in [1.165, 1.54) is 0 Å². The van der Waals surface area contributed by atoms with Crippen molar-refractivity contribution in [2.45, 2.75) is 144 Å². The fourth-order valence-electron chi connectivity index (χ4n) is 6.24. The van der Waals surface area contributed by atoms with Crippen molar-refractivity contribution in [2.24, 2.45) is 5.41 Å². The van der Waals surface area contributed by atoms with Gasteiger partial charge in [0, 0.05) is 56.0 Å². The number of unbranched alkanes of at least 4 members (excludes halogenated alkanes) is 1. The molecule has 0 radical (unpaired) electrons. The number of benzene rings is 1. The second-order valence-electron chi connectivity index (χ2n) is 17.6. The Bertz CT molecular complexity index is 1490. The molecule has 0 saturated carbocycles. The van der Waals surface area contributed by atoms with Crippen molar-refractivity contribution >= 4 is 41.7 Å². The third kappa shape index (κ3) is 13.5. The number of alkyl carbamates (subject to hydrolysis) is 1. The molecule has 14 heteroatoms. The highest BCUT2D eigenvalue weighted by molar-refractivity contribution is 6.06. The van der Waals surface area contributed by atoms with Crippen LogP contribution in [-0.2, 0) is 30.3 Å². The van der Waals surface area contributed by atoms with Gasteiger partial charge in [0.15, 0.2) is 0 Å². The molecule has 1 atom stereocenters. The number of ether oxygens (including phenoxy) is 3. The molecule has 14 nitrogen and oxygen atoms in total. The third-order valence-electron chi connectivity index (χ3n) is 8.52. The zero-order chi connectivity index (χ0) is 39.9. The quantitative estimate of drug-likeness (QED) is 0.129.